The Morgan fingerprint density at radius 2 is 1.58 bits per heavy atom. The van der Waals surface area contributed by atoms with Crippen LogP contribution in [-0.2, 0) is 5.54 Å². The highest BCUT2D eigenvalue weighted by Crippen LogP contribution is 2.43. The summed E-state index contributed by atoms with van der Waals surface area (Å²) in [6, 6.07) is 28.5. The van der Waals surface area contributed by atoms with Crippen molar-refractivity contribution in [2.24, 2.45) is 4.99 Å². The standard InChI is InChI=1S/C27H26N4O2/c1-20-29-26(33-30-20)21-17-28-19-31(18-21)27(22-9-5-3-6-10-22,23-11-7-4-8-12-23)24-13-15-25(32-2)16-14-24/h3-16,19,21H,17-18H2,1-2H3/i1D3. The summed E-state index contributed by atoms with van der Waals surface area (Å²) in [5, 5.41) is 3.71. The third-order valence-corrected chi connectivity index (χ3v) is 6.08. The van der Waals surface area contributed by atoms with E-state index < -0.39 is 12.4 Å². The average Bonchev–Trinajstić information content (AvgIpc) is 3.43. The molecule has 0 amide bonds. The van der Waals surface area contributed by atoms with Crippen molar-refractivity contribution in [3.63, 3.8) is 0 Å². The highest BCUT2D eigenvalue weighted by molar-refractivity contribution is 5.65. The quantitative estimate of drug-likeness (QED) is 0.402. The number of ether oxygens (including phenoxy) is 1. The first-order valence-corrected chi connectivity index (χ1v) is 10.8. The number of aryl methyl sites for hydroxylation is 1. The van der Waals surface area contributed by atoms with E-state index in [1.807, 2.05) is 54.9 Å². The van der Waals surface area contributed by atoms with Gasteiger partial charge in [0.2, 0.25) is 5.89 Å². The van der Waals surface area contributed by atoms with E-state index in [4.69, 9.17) is 13.4 Å². The minimum Gasteiger partial charge on any atom is -0.497 e. The van der Waals surface area contributed by atoms with Crippen LogP contribution in [0.4, 0.5) is 0 Å². The molecule has 1 atom stereocenters. The lowest BCUT2D eigenvalue weighted by molar-refractivity contribution is 0.228. The lowest BCUT2D eigenvalue weighted by atomic mass is 9.75. The van der Waals surface area contributed by atoms with Crippen LogP contribution in [-0.4, -0.2) is 41.6 Å². The van der Waals surface area contributed by atoms with Crippen molar-refractivity contribution in [1.29, 1.82) is 0 Å². The molecular weight excluding hydrogens is 412 g/mol. The highest BCUT2D eigenvalue weighted by atomic mass is 16.5. The molecule has 2 heterocycles. The molecule has 0 saturated heterocycles. The zero-order valence-corrected chi connectivity index (χ0v) is 18.3. The second kappa shape index (κ2) is 8.90. The largest absolute Gasteiger partial charge is 0.497 e. The first-order chi connectivity index (χ1) is 17.4. The Morgan fingerprint density at radius 1 is 0.939 bits per heavy atom. The van der Waals surface area contributed by atoms with Crippen LogP contribution in [0.2, 0.25) is 0 Å². The van der Waals surface area contributed by atoms with Crippen molar-refractivity contribution in [3.8, 4) is 5.75 Å². The zero-order chi connectivity index (χ0) is 25.2. The second-order valence-corrected chi connectivity index (χ2v) is 7.96. The Hall–Kier alpha value is -3.93. The van der Waals surface area contributed by atoms with Gasteiger partial charge in [-0.25, -0.2) is 0 Å². The van der Waals surface area contributed by atoms with Crippen LogP contribution in [0, 0.1) is 6.85 Å². The molecule has 0 saturated carbocycles. The summed E-state index contributed by atoms with van der Waals surface area (Å²) < 4.78 is 33.7. The first kappa shape index (κ1) is 17.6. The van der Waals surface area contributed by atoms with E-state index in [1.165, 1.54) is 0 Å². The molecule has 0 bridgehead atoms. The molecule has 0 fully saturated rings. The van der Waals surface area contributed by atoms with Crippen LogP contribution < -0.4 is 4.74 Å². The predicted octanol–water partition coefficient (Wildman–Crippen LogP) is 4.81. The monoisotopic (exact) mass is 441 g/mol. The first-order valence-electron chi connectivity index (χ1n) is 12.3. The van der Waals surface area contributed by atoms with Gasteiger partial charge in [0.15, 0.2) is 5.82 Å². The van der Waals surface area contributed by atoms with E-state index in [-0.39, 0.29) is 17.6 Å². The molecule has 0 N–H and O–H groups in total. The van der Waals surface area contributed by atoms with Crippen LogP contribution >= 0.6 is 0 Å². The van der Waals surface area contributed by atoms with E-state index in [2.05, 4.69) is 56.4 Å². The lowest BCUT2D eigenvalue weighted by Crippen LogP contribution is -2.50. The minimum absolute atomic E-state index is 0.271. The molecular formula is C27H26N4O2. The van der Waals surface area contributed by atoms with Crippen molar-refractivity contribution in [1.82, 2.24) is 15.0 Å². The number of benzene rings is 3. The maximum Gasteiger partial charge on any atom is 0.233 e. The van der Waals surface area contributed by atoms with Gasteiger partial charge in [0, 0.05) is 10.7 Å². The topological polar surface area (TPSA) is 63.8 Å². The molecule has 3 aromatic carbocycles. The van der Waals surface area contributed by atoms with Crippen molar-refractivity contribution in [3.05, 3.63) is 113 Å². The van der Waals surface area contributed by atoms with Gasteiger partial charge >= 0.3 is 0 Å². The highest BCUT2D eigenvalue weighted by Gasteiger charge is 2.43. The lowest BCUT2D eigenvalue weighted by Gasteiger charge is -2.46. The molecule has 166 valence electrons. The fraction of sp³-hybridized carbons (Fsp3) is 0.222. The molecule has 1 aromatic heterocycles. The molecule has 4 aromatic rings. The van der Waals surface area contributed by atoms with Gasteiger partial charge in [-0.1, -0.05) is 78.0 Å². The zero-order valence-electron chi connectivity index (χ0n) is 21.3. The molecule has 5 rings (SSSR count). The number of rotatable bonds is 6. The summed E-state index contributed by atoms with van der Waals surface area (Å²) in [4.78, 5) is 11.1. The van der Waals surface area contributed by atoms with Crippen molar-refractivity contribution >= 4 is 6.34 Å². The number of aromatic nitrogens is 2. The molecule has 33 heavy (non-hydrogen) atoms. The molecule has 0 radical (unpaired) electrons. The second-order valence-electron chi connectivity index (χ2n) is 7.96. The van der Waals surface area contributed by atoms with E-state index >= 15 is 0 Å². The van der Waals surface area contributed by atoms with Gasteiger partial charge in [-0.3, -0.25) is 4.99 Å². The van der Waals surface area contributed by atoms with Crippen LogP contribution in [0.5, 0.6) is 5.75 Å². The molecule has 1 aliphatic heterocycles. The molecule has 1 aliphatic rings. The summed E-state index contributed by atoms with van der Waals surface area (Å²) in [5.74, 6) is 0.476. The Balaban J connectivity index is 1.67. The van der Waals surface area contributed by atoms with Gasteiger partial charge in [-0.15, -0.1) is 0 Å². The third-order valence-electron chi connectivity index (χ3n) is 6.08. The van der Waals surface area contributed by atoms with E-state index in [0.717, 1.165) is 22.4 Å². The van der Waals surface area contributed by atoms with Gasteiger partial charge in [0.1, 0.15) is 11.3 Å². The van der Waals surface area contributed by atoms with Gasteiger partial charge in [-0.05, 0) is 35.7 Å². The number of hydrogen-bond donors (Lipinski definition) is 0. The molecule has 0 aliphatic carbocycles. The van der Waals surface area contributed by atoms with Crippen molar-refractivity contribution in [2.45, 2.75) is 18.3 Å². The Kier molecular flexibility index (Phi) is 4.75. The van der Waals surface area contributed by atoms with Gasteiger partial charge in [0.05, 0.1) is 25.9 Å². The number of aliphatic imine (C=N–C) groups is 1. The maximum absolute atomic E-state index is 7.61. The summed E-state index contributed by atoms with van der Waals surface area (Å²) in [5.41, 5.74) is 2.41. The van der Waals surface area contributed by atoms with E-state index in [0.29, 0.717) is 13.1 Å². The Labute approximate surface area is 197 Å². The molecule has 6 nitrogen and oxygen atoms in total. The molecule has 0 spiro atoms. The fourth-order valence-corrected chi connectivity index (χ4v) is 4.58. The van der Waals surface area contributed by atoms with Crippen LogP contribution in [0.3, 0.4) is 0 Å². The van der Waals surface area contributed by atoms with Crippen LogP contribution in [0.1, 0.15) is 38.4 Å². The van der Waals surface area contributed by atoms with Crippen molar-refractivity contribution < 1.29 is 13.4 Å². The minimum atomic E-state index is -2.43. The SMILES string of the molecule is [2H]C([2H])([2H])c1noc(C2CN=CN(C(c3ccccc3)(c3ccccc3)c3ccc(OC)cc3)C2)n1. The summed E-state index contributed by atoms with van der Waals surface area (Å²) >= 11 is 0. The Bertz CT molecular complexity index is 1280. The number of nitrogens with zero attached hydrogens (tertiary/aromatic N) is 4. The van der Waals surface area contributed by atoms with E-state index in [1.54, 1.807) is 7.11 Å². The fourth-order valence-electron chi connectivity index (χ4n) is 4.58. The third kappa shape index (κ3) is 3.78. The normalized spacial score (nSPS) is 17.8. The average molecular weight is 442 g/mol. The molecule has 6 heteroatoms. The maximum atomic E-state index is 7.61. The van der Waals surface area contributed by atoms with Gasteiger partial charge in [0.25, 0.3) is 0 Å². The summed E-state index contributed by atoms with van der Waals surface area (Å²) in [6.07, 6.45) is 1.86. The van der Waals surface area contributed by atoms with E-state index in [9.17, 15) is 0 Å². The smallest absolute Gasteiger partial charge is 0.233 e. The van der Waals surface area contributed by atoms with Gasteiger partial charge in [-0.2, -0.15) is 4.98 Å². The predicted molar refractivity (Wildman–Crippen MR) is 128 cm³/mol. The molecule has 1 unspecified atom stereocenters. The van der Waals surface area contributed by atoms with Crippen molar-refractivity contribution in [2.75, 3.05) is 20.2 Å². The number of hydrogen-bond acceptors (Lipinski definition) is 6. The summed E-state index contributed by atoms with van der Waals surface area (Å²) in [6.45, 7) is -1.52. The van der Waals surface area contributed by atoms with Crippen LogP contribution in [0.25, 0.3) is 0 Å². The van der Waals surface area contributed by atoms with Gasteiger partial charge < -0.3 is 14.2 Å². The number of methoxy groups -OCH3 is 1. The Morgan fingerprint density at radius 3 is 2.15 bits per heavy atom. The van der Waals surface area contributed by atoms with Crippen LogP contribution in [0.15, 0.2) is 94.4 Å². The summed E-state index contributed by atoms with van der Waals surface area (Å²) in [7, 11) is 1.65.